The van der Waals surface area contributed by atoms with Gasteiger partial charge in [0.15, 0.2) is 0 Å². The van der Waals surface area contributed by atoms with Gasteiger partial charge >= 0.3 is 12.1 Å². The van der Waals surface area contributed by atoms with E-state index in [0.29, 0.717) is 12.6 Å². The van der Waals surface area contributed by atoms with E-state index < -0.39 is 0 Å². The van der Waals surface area contributed by atoms with E-state index in [9.17, 15) is 9.59 Å². The van der Waals surface area contributed by atoms with Crippen molar-refractivity contribution in [1.82, 2.24) is 15.5 Å². The molecule has 0 aliphatic heterocycles. The minimum Gasteiger partial charge on any atom is -0.335 e. The molecular formula is C18H26N4O2. The van der Waals surface area contributed by atoms with E-state index in [4.69, 9.17) is 0 Å². The molecule has 1 aromatic rings. The van der Waals surface area contributed by atoms with Gasteiger partial charge in [-0.25, -0.2) is 9.59 Å². The summed E-state index contributed by atoms with van der Waals surface area (Å²) in [4.78, 5) is 25.4. The van der Waals surface area contributed by atoms with E-state index in [1.54, 1.807) is 11.9 Å². The quantitative estimate of drug-likeness (QED) is 0.701. The Balaban J connectivity index is 1.85. The van der Waals surface area contributed by atoms with Gasteiger partial charge in [-0.2, -0.15) is 0 Å². The Morgan fingerprint density at radius 3 is 2.46 bits per heavy atom. The number of likely N-dealkylation sites (N-methyl/N-ethyl adjacent to an activating group) is 1. The van der Waals surface area contributed by atoms with Gasteiger partial charge in [-0.1, -0.05) is 24.3 Å². The Morgan fingerprint density at radius 1 is 1.29 bits per heavy atom. The highest BCUT2D eigenvalue weighted by Gasteiger charge is 2.23. The molecule has 0 saturated heterocycles. The van der Waals surface area contributed by atoms with Crippen molar-refractivity contribution in [2.75, 3.05) is 18.9 Å². The second-order valence-electron chi connectivity index (χ2n) is 6.48. The van der Waals surface area contributed by atoms with Gasteiger partial charge in [-0.05, 0) is 44.4 Å². The number of carbonyl (C=O) groups is 2. The number of amides is 4. The van der Waals surface area contributed by atoms with Gasteiger partial charge in [-0.3, -0.25) is 0 Å². The summed E-state index contributed by atoms with van der Waals surface area (Å²) < 4.78 is 0. The van der Waals surface area contributed by atoms with Crippen molar-refractivity contribution >= 4 is 17.7 Å². The number of nitrogens with zero attached hydrogens (tertiary/aromatic N) is 1. The molecule has 1 atom stereocenters. The molecule has 2 rings (SSSR count). The first-order valence-corrected chi connectivity index (χ1v) is 8.18. The van der Waals surface area contributed by atoms with E-state index in [1.165, 1.54) is 0 Å². The van der Waals surface area contributed by atoms with E-state index >= 15 is 0 Å². The Hall–Kier alpha value is -2.50. The number of urea groups is 2. The van der Waals surface area contributed by atoms with Gasteiger partial charge in [0.2, 0.25) is 0 Å². The number of carbonyl (C=O) groups excluding carboxylic acids is 2. The Bertz CT molecular complexity index is 608. The monoisotopic (exact) mass is 330 g/mol. The molecule has 0 aromatic heterocycles. The molecule has 4 amide bonds. The highest BCUT2D eigenvalue weighted by Crippen LogP contribution is 2.19. The minimum absolute atomic E-state index is 0.126. The predicted octanol–water partition coefficient (Wildman–Crippen LogP) is 3.25. The van der Waals surface area contributed by atoms with Crippen molar-refractivity contribution in [1.29, 1.82) is 0 Å². The van der Waals surface area contributed by atoms with Crippen LogP contribution in [-0.4, -0.2) is 36.6 Å². The third-order valence-electron chi connectivity index (χ3n) is 3.77. The van der Waals surface area contributed by atoms with Gasteiger partial charge in [0.05, 0.1) is 6.04 Å². The van der Waals surface area contributed by atoms with Crippen LogP contribution >= 0.6 is 0 Å². The summed E-state index contributed by atoms with van der Waals surface area (Å²) >= 11 is 0. The number of rotatable bonds is 6. The summed E-state index contributed by atoms with van der Waals surface area (Å²) in [6.07, 6.45) is 2.12. The fourth-order valence-corrected chi connectivity index (χ4v) is 2.29. The van der Waals surface area contributed by atoms with Crippen LogP contribution < -0.4 is 16.0 Å². The molecule has 0 unspecified atom stereocenters. The average Bonchev–Trinajstić information content (AvgIpc) is 3.30. The number of hydrogen-bond donors (Lipinski definition) is 3. The summed E-state index contributed by atoms with van der Waals surface area (Å²) in [6, 6.07) is 7.36. The molecule has 1 aromatic carbocycles. The highest BCUT2D eigenvalue weighted by atomic mass is 16.2. The maximum absolute atomic E-state index is 12.1. The van der Waals surface area contributed by atoms with Crippen molar-refractivity contribution in [3.63, 3.8) is 0 Å². The van der Waals surface area contributed by atoms with Gasteiger partial charge in [0.1, 0.15) is 0 Å². The molecule has 3 N–H and O–H groups in total. The number of hydrogen-bond acceptors (Lipinski definition) is 2. The molecular weight excluding hydrogens is 304 g/mol. The first kappa shape index (κ1) is 17.8. The van der Waals surface area contributed by atoms with Crippen molar-refractivity contribution in [3.05, 3.63) is 42.0 Å². The van der Waals surface area contributed by atoms with E-state index in [0.717, 1.165) is 29.7 Å². The SMILES string of the molecule is C=C(C)CN(C)C(=O)N[C@@H](C)c1ccc(NC(=O)NC2CC2)cc1. The van der Waals surface area contributed by atoms with Gasteiger partial charge in [0, 0.05) is 25.3 Å². The molecule has 0 radical (unpaired) electrons. The topological polar surface area (TPSA) is 73.5 Å². The van der Waals surface area contributed by atoms with Crippen LogP contribution in [0.4, 0.5) is 15.3 Å². The van der Waals surface area contributed by atoms with Crippen molar-refractivity contribution in [3.8, 4) is 0 Å². The van der Waals surface area contributed by atoms with Crippen LogP contribution in [-0.2, 0) is 0 Å². The Labute approximate surface area is 143 Å². The molecule has 1 aliphatic carbocycles. The maximum Gasteiger partial charge on any atom is 0.319 e. The molecule has 24 heavy (non-hydrogen) atoms. The number of benzene rings is 1. The van der Waals surface area contributed by atoms with E-state index in [-0.39, 0.29) is 18.1 Å². The van der Waals surface area contributed by atoms with Crippen LogP contribution in [0, 0.1) is 0 Å². The number of anilines is 1. The first-order valence-electron chi connectivity index (χ1n) is 8.18. The smallest absolute Gasteiger partial charge is 0.319 e. The molecule has 0 heterocycles. The lowest BCUT2D eigenvalue weighted by atomic mass is 10.1. The molecule has 6 nitrogen and oxygen atoms in total. The van der Waals surface area contributed by atoms with Crippen LogP contribution in [0.25, 0.3) is 0 Å². The van der Waals surface area contributed by atoms with Crippen molar-refractivity contribution in [2.24, 2.45) is 0 Å². The number of nitrogens with one attached hydrogen (secondary N) is 3. The summed E-state index contributed by atoms with van der Waals surface area (Å²) in [5.74, 6) is 0. The molecule has 1 saturated carbocycles. The third-order valence-corrected chi connectivity index (χ3v) is 3.77. The normalized spacial score (nSPS) is 14.5. The largest absolute Gasteiger partial charge is 0.335 e. The van der Waals surface area contributed by atoms with Crippen LogP contribution in [0.2, 0.25) is 0 Å². The summed E-state index contributed by atoms with van der Waals surface area (Å²) in [6.45, 7) is 8.15. The van der Waals surface area contributed by atoms with Gasteiger partial charge in [-0.15, -0.1) is 0 Å². The molecule has 0 spiro atoms. The van der Waals surface area contributed by atoms with Gasteiger partial charge in [0.25, 0.3) is 0 Å². The molecule has 1 aliphatic rings. The fourth-order valence-electron chi connectivity index (χ4n) is 2.29. The second-order valence-corrected chi connectivity index (χ2v) is 6.48. The van der Waals surface area contributed by atoms with Crippen LogP contribution in [0.15, 0.2) is 36.4 Å². The second kappa shape index (κ2) is 7.86. The third kappa shape index (κ3) is 5.61. The highest BCUT2D eigenvalue weighted by molar-refractivity contribution is 5.89. The fraction of sp³-hybridized carbons (Fsp3) is 0.444. The Kier molecular flexibility index (Phi) is 5.84. The molecule has 0 bridgehead atoms. The summed E-state index contributed by atoms with van der Waals surface area (Å²) in [7, 11) is 1.74. The van der Waals surface area contributed by atoms with E-state index in [2.05, 4.69) is 22.5 Å². The zero-order valence-electron chi connectivity index (χ0n) is 14.6. The zero-order chi connectivity index (χ0) is 17.7. The lowest BCUT2D eigenvalue weighted by molar-refractivity contribution is 0.209. The minimum atomic E-state index is -0.173. The lowest BCUT2D eigenvalue weighted by Crippen LogP contribution is -2.39. The molecule has 130 valence electrons. The molecule has 6 heteroatoms. The van der Waals surface area contributed by atoms with Crippen LogP contribution in [0.1, 0.15) is 38.3 Å². The first-order chi connectivity index (χ1) is 11.3. The summed E-state index contributed by atoms with van der Waals surface area (Å²) in [5.41, 5.74) is 2.63. The lowest BCUT2D eigenvalue weighted by Gasteiger charge is -2.22. The molecule has 1 fully saturated rings. The maximum atomic E-state index is 12.1. The van der Waals surface area contributed by atoms with Crippen LogP contribution in [0.5, 0.6) is 0 Å². The van der Waals surface area contributed by atoms with Gasteiger partial charge < -0.3 is 20.9 Å². The van der Waals surface area contributed by atoms with Crippen LogP contribution in [0.3, 0.4) is 0 Å². The standard InChI is InChI=1S/C18H26N4O2/c1-12(2)11-22(4)18(24)19-13(3)14-5-7-15(8-6-14)20-17(23)21-16-9-10-16/h5-8,13,16H,1,9-11H2,2-4H3,(H,19,24)(H2,20,21,23)/t13-/m0/s1. The summed E-state index contributed by atoms with van der Waals surface area (Å²) in [5, 5.41) is 8.62. The zero-order valence-corrected chi connectivity index (χ0v) is 14.6. The average molecular weight is 330 g/mol. The Morgan fingerprint density at radius 2 is 1.92 bits per heavy atom. The van der Waals surface area contributed by atoms with Crippen molar-refractivity contribution in [2.45, 2.75) is 38.8 Å². The predicted molar refractivity (Wildman–Crippen MR) is 96.0 cm³/mol. The van der Waals surface area contributed by atoms with Crippen molar-refractivity contribution < 1.29 is 9.59 Å². The van der Waals surface area contributed by atoms with E-state index in [1.807, 2.05) is 38.1 Å².